The molecule has 206 valence electrons. The van der Waals surface area contributed by atoms with Crippen molar-refractivity contribution in [3.8, 4) is 5.75 Å². The van der Waals surface area contributed by atoms with E-state index in [1.54, 1.807) is 11.2 Å². The third kappa shape index (κ3) is 5.45. The number of ether oxygens (including phenoxy) is 3. The molecule has 2 fully saturated rings. The number of piperidine rings is 1. The van der Waals surface area contributed by atoms with Crippen LogP contribution in [-0.2, 0) is 9.47 Å². The van der Waals surface area contributed by atoms with Crippen LogP contribution in [0, 0.1) is 0 Å². The highest BCUT2D eigenvalue weighted by atomic mass is 16.6. The van der Waals surface area contributed by atoms with Crippen molar-refractivity contribution in [3.05, 3.63) is 54.4 Å². The van der Waals surface area contributed by atoms with Gasteiger partial charge in [-0.3, -0.25) is 0 Å². The van der Waals surface area contributed by atoms with E-state index in [0.717, 1.165) is 79.3 Å². The molecule has 3 aliphatic heterocycles. The van der Waals surface area contributed by atoms with Gasteiger partial charge in [-0.25, -0.2) is 14.8 Å². The van der Waals surface area contributed by atoms with E-state index in [-0.39, 0.29) is 17.7 Å². The maximum Gasteiger partial charge on any atom is 0.410 e. The van der Waals surface area contributed by atoms with E-state index in [1.807, 2.05) is 32.9 Å². The van der Waals surface area contributed by atoms with Gasteiger partial charge in [-0.15, -0.1) is 0 Å². The summed E-state index contributed by atoms with van der Waals surface area (Å²) in [6.45, 7) is 10.1. The molecule has 1 N–H and O–H groups in total. The van der Waals surface area contributed by atoms with Crippen LogP contribution >= 0.6 is 0 Å². The van der Waals surface area contributed by atoms with E-state index in [0.29, 0.717) is 13.1 Å². The Morgan fingerprint density at radius 2 is 1.82 bits per heavy atom. The maximum atomic E-state index is 12.7. The number of carbonyl (C=O) groups excluding carboxylic acids is 1. The van der Waals surface area contributed by atoms with Crippen molar-refractivity contribution in [2.75, 3.05) is 49.6 Å². The van der Waals surface area contributed by atoms with Crippen LogP contribution in [0.2, 0.25) is 0 Å². The first-order valence-electron chi connectivity index (χ1n) is 13.9. The van der Waals surface area contributed by atoms with Crippen molar-refractivity contribution < 1.29 is 19.0 Å². The molecule has 4 heterocycles. The first-order valence-corrected chi connectivity index (χ1v) is 13.9. The van der Waals surface area contributed by atoms with Gasteiger partial charge < -0.3 is 29.3 Å². The lowest BCUT2D eigenvalue weighted by atomic mass is 9.80. The minimum absolute atomic E-state index is 0.00756. The van der Waals surface area contributed by atoms with Crippen LogP contribution in [0.4, 0.5) is 16.3 Å². The molecule has 1 aromatic heterocycles. The number of morpholine rings is 1. The summed E-state index contributed by atoms with van der Waals surface area (Å²) < 4.78 is 17.8. The van der Waals surface area contributed by atoms with Crippen LogP contribution in [0.3, 0.4) is 0 Å². The summed E-state index contributed by atoms with van der Waals surface area (Å²) >= 11 is 0. The van der Waals surface area contributed by atoms with Gasteiger partial charge in [-0.2, -0.15) is 0 Å². The number of rotatable bonds is 3. The molecule has 0 aliphatic carbocycles. The van der Waals surface area contributed by atoms with E-state index < -0.39 is 5.60 Å². The fraction of sp³-hybridized carbons (Fsp3) is 0.500. The quantitative estimate of drug-likeness (QED) is 0.495. The fourth-order valence-corrected chi connectivity index (χ4v) is 5.82. The Bertz CT molecular complexity index is 1340. The van der Waals surface area contributed by atoms with Gasteiger partial charge in [0.25, 0.3) is 0 Å². The van der Waals surface area contributed by atoms with Crippen LogP contribution in [0.1, 0.15) is 51.6 Å². The predicted molar refractivity (Wildman–Crippen MR) is 150 cm³/mol. The molecule has 0 radical (unpaired) electrons. The zero-order valence-electron chi connectivity index (χ0n) is 23.0. The molecule has 3 aliphatic rings. The summed E-state index contributed by atoms with van der Waals surface area (Å²) in [5.41, 5.74) is 2.30. The minimum atomic E-state index is -0.510. The second-order valence-corrected chi connectivity index (χ2v) is 11.7. The number of hydrogen-bond acceptors (Lipinski definition) is 8. The summed E-state index contributed by atoms with van der Waals surface area (Å²) in [6, 6.07) is 14.6. The van der Waals surface area contributed by atoms with Gasteiger partial charge in [0.05, 0.1) is 24.8 Å². The molecule has 1 amide bonds. The second kappa shape index (κ2) is 10.2. The maximum absolute atomic E-state index is 12.7. The summed E-state index contributed by atoms with van der Waals surface area (Å²) in [7, 11) is 0. The predicted octanol–water partition coefficient (Wildman–Crippen LogP) is 5.17. The number of carbonyl (C=O) groups is 1. The second-order valence-electron chi connectivity index (χ2n) is 11.7. The molecule has 2 saturated heterocycles. The van der Waals surface area contributed by atoms with Gasteiger partial charge >= 0.3 is 6.09 Å². The number of nitrogens with zero attached hydrogens (tertiary/aromatic N) is 4. The first kappa shape index (κ1) is 25.7. The molecular weight excluding hydrogens is 494 g/mol. The molecule has 3 aromatic rings. The number of nitrogens with one attached hydrogen (secondary N) is 1. The minimum Gasteiger partial charge on any atom is -0.487 e. The lowest BCUT2D eigenvalue weighted by Crippen LogP contribution is -2.53. The van der Waals surface area contributed by atoms with E-state index in [2.05, 4.69) is 50.5 Å². The van der Waals surface area contributed by atoms with Gasteiger partial charge in [0.1, 0.15) is 29.1 Å². The topological polar surface area (TPSA) is 89.0 Å². The Balaban J connectivity index is 1.25. The highest BCUT2D eigenvalue weighted by molar-refractivity contribution is 5.91. The Morgan fingerprint density at radius 1 is 1.05 bits per heavy atom. The molecule has 9 heteroatoms. The van der Waals surface area contributed by atoms with E-state index in [4.69, 9.17) is 14.2 Å². The van der Waals surface area contributed by atoms with Crippen LogP contribution in [-0.4, -0.2) is 71.6 Å². The highest BCUT2D eigenvalue weighted by Crippen LogP contribution is 2.46. The third-order valence-electron chi connectivity index (χ3n) is 7.83. The van der Waals surface area contributed by atoms with Crippen LogP contribution < -0.4 is 15.0 Å². The Kier molecular flexibility index (Phi) is 6.71. The van der Waals surface area contributed by atoms with Gasteiger partial charge in [0.15, 0.2) is 0 Å². The van der Waals surface area contributed by atoms with Gasteiger partial charge in [-0.1, -0.05) is 18.2 Å². The molecule has 2 aromatic carbocycles. The number of fused-ring (bicyclic) bond motifs is 2. The zero-order chi connectivity index (χ0) is 27.0. The molecular formula is C30H37N5O4. The number of amides is 1. The number of para-hydroxylation sites is 1. The van der Waals surface area contributed by atoms with Crippen molar-refractivity contribution in [2.45, 2.75) is 57.3 Å². The van der Waals surface area contributed by atoms with Crippen molar-refractivity contribution in [2.24, 2.45) is 0 Å². The molecule has 1 spiro atoms. The lowest BCUT2D eigenvalue weighted by molar-refractivity contribution is -0.0308. The molecule has 1 atom stereocenters. The van der Waals surface area contributed by atoms with Crippen molar-refractivity contribution in [1.82, 2.24) is 14.9 Å². The highest BCUT2D eigenvalue weighted by Gasteiger charge is 2.44. The average molecular weight is 532 g/mol. The Labute approximate surface area is 229 Å². The molecule has 39 heavy (non-hydrogen) atoms. The van der Waals surface area contributed by atoms with Gasteiger partial charge in [-0.05, 0) is 45.0 Å². The van der Waals surface area contributed by atoms with E-state index >= 15 is 0 Å². The number of anilines is 2. The van der Waals surface area contributed by atoms with Crippen molar-refractivity contribution >= 4 is 28.5 Å². The monoisotopic (exact) mass is 531 g/mol. The standard InChI is InChI=1S/C30H37N5O4/c1-29(2,3)39-28(36)35-12-10-30(11-13-35)19-25(22-6-4-5-7-26(22)38-30)33-27-23-18-21(34-14-16-37-17-15-34)8-9-24(23)31-20-32-27/h4-9,18,20,25H,10-17,19H2,1-3H3,(H,31,32,33). The largest absolute Gasteiger partial charge is 0.487 e. The van der Waals surface area contributed by atoms with Gasteiger partial charge in [0, 0.05) is 62.1 Å². The Morgan fingerprint density at radius 3 is 2.59 bits per heavy atom. The first-order chi connectivity index (χ1) is 18.8. The average Bonchev–Trinajstić information content (AvgIpc) is 2.93. The smallest absolute Gasteiger partial charge is 0.410 e. The number of hydrogen-bond donors (Lipinski definition) is 1. The van der Waals surface area contributed by atoms with Crippen LogP contribution in [0.25, 0.3) is 10.9 Å². The lowest BCUT2D eigenvalue weighted by Gasteiger charge is -2.47. The molecule has 0 bridgehead atoms. The van der Waals surface area contributed by atoms with Crippen molar-refractivity contribution in [3.63, 3.8) is 0 Å². The molecule has 6 rings (SSSR count). The van der Waals surface area contributed by atoms with Crippen LogP contribution in [0.15, 0.2) is 48.8 Å². The molecule has 9 nitrogen and oxygen atoms in total. The molecule has 0 saturated carbocycles. The molecule has 1 unspecified atom stereocenters. The summed E-state index contributed by atoms with van der Waals surface area (Å²) in [6.07, 6.45) is 3.63. The van der Waals surface area contributed by atoms with Crippen LogP contribution in [0.5, 0.6) is 5.75 Å². The SMILES string of the molecule is CC(C)(C)OC(=O)N1CCC2(CC1)CC(Nc1ncnc3ccc(N4CCOCC4)cc13)c1ccccc1O2. The number of benzene rings is 2. The Hall–Kier alpha value is -3.59. The van der Waals surface area contributed by atoms with Gasteiger partial charge in [0.2, 0.25) is 0 Å². The fourth-order valence-electron chi connectivity index (χ4n) is 5.82. The van der Waals surface area contributed by atoms with E-state index in [1.165, 1.54) is 0 Å². The summed E-state index contributed by atoms with van der Waals surface area (Å²) in [5.74, 6) is 1.71. The van der Waals surface area contributed by atoms with Crippen molar-refractivity contribution in [1.29, 1.82) is 0 Å². The number of likely N-dealkylation sites (tertiary alicyclic amines) is 1. The van der Waals surface area contributed by atoms with E-state index in [9.17, 15) is 4.79 Å². The summed E-state index contributed by atoms with van der Waals surface area (Å²) in [5, 5.41) is 4.77. The number of aromatic nitrogens is 2. The normalized spacial score (nSPS) is 20.8. The third-order valence-corrected chi connectivity index (χ3v) is 7.83. The zero-order valence-corrected chi connectivity index (χ0v) is 23.0. The summed E-state index contributed by atoms with van der Waals surface area (Å²) in [4.78, 5) is 26.0.